The molecule has 0 aliphatic rings. The van der Waals surface area contributed by atoms with Gasteiger partial charge >= 0.3 is 0 Å². The number of nitrogens with one attached hydrogen (secondary N) is 1. The molecule has 0 bridgehead atoms. The van der Waals surface area contributed by atoms with E-state index in [4.69, 9.17) is 10.5 Å². The van der Waals surface area contributed by atoms with E-state index in [9.17, 15) is 0 Å². The van der Waals surface area contributed by atoms with E-state index < -0.39 is 0 Å². The van der Waals surface area contributed by atoms with Crippen LogP contribution in [-0.4, -0.2) is 6.61 Å². The number of para-hydroxylation sites is 1. The second-order valence-electron chi connectivity index (χ2n) is 4.12. The molecule has 0 aromatic heterocycles. The molecule has 3 nitrogen and oxygen atoms in total. The lowest BCUT2D eigenvalue weighted by atomic mass is 10.1. The van der Waals surface area contributed by atoms with Crippen LogP contribution < -0.4 is 15.8 Å². The van der Waals surface area contributed by atoms with E-state index in [1.54, 1.807) is 0 Å². The molecule has 0 fully saturated rings. The van der Waals surface area contributed by atoms with Gasteiger partial charge in [-0.1, -0.05) is 18.2 Å². The molecular formula is C15H18N2O. The Morgan fingerprint density at radius 2 is 1.94 bits per heavy atom. The Balaban J connectivity index is 2.26. The molecule has 0 spiro atoms. The number of rotatable bonds is 4. The van der Waals surface area contributed by atoms with Crippen molar-refractivity contribution in [3.05, 3.63) is 48.0 Å². The molecule has 0 saturated heterocycles. The van der Waals surface area contributed by atoms with E-state index in [1.807, 2.05) is 56.3 Å². The Hall–Kier alpha value is -2.16. The second kappa shape index (κ2) is 5.45. The Bertz CT molecular complexity index is 518. The smallest absolute Gasteiger partial charge is 0.121 e. The minimum absolute atomic E-state index is 0.663. The lowest BCUT2D eigenvalue weighted by Gasteiger charge is -2.13. The van der Waals surface area contributed by atoms with Gasteiger partial charge in [0.2, 0.25) is 0 Å². The number of benzene rings is 2. The van der Waals surface area contributed by atoms with Crippen LogP contribution in [0.4, 0.5) is 17.1 Å². The molecule has 3 heteroatoms. The van der Waals surface area contributed by atoms with E-state index in [0.29, 0.717) is 6.61 Å². The van der Waals surface area contributed by atoms with Crippen LogP contribution in [0.25, 0.3) is 0 Å². The predicted octanol–water partition coefficient (Wildman–Crippen LogP) is 3.72. The van der Waals surface area contributed by atoms with Crippen LogP contribution in [0.3, 0.4) is 0 Å². The SMILES string of the molecule is CCOc1cccc(Nc2c(C)cccc2N)c1. The van der Waals surface area contributed by atoms with Gasteiger partial charge in [-0.05, 0) is 37.6 Å². The molecule has 0 unspecified atom stereocenters. The number of hydrogen-bond acceptors (Lipinski definition) is 3. The van der Waals surface area contributed by atoms with E-state index in [2.05, 4.69) is 5.32 Å². The fraction of sp³-hybridized carbons (Fsp3) is 0.200. The summed E-state index contributed by atoms with van der Waals surface area (Å²) in [6.07, 6.45) is 0. The van der Waals surface area contributed by atoms with Gasteiger partial charge < -0.3 is 15.8 Å². The summed E-state index contributed by atoms with van der Waals surface area (Å²) in [6.45, 7) is 4.67. The summed E-state index contributed by atoms with van der Waals surface area (Å²) in [5.74, 6) is 0.856. The first-order chi connectivity index (χ1) is 8.70. The van der Waals surface area contributed by atoms with Crippen LogP contribution in [0.15, 0.2) is 42.5 Å². The van der Waals surface area contributed by atoms with Gasteiger partial charge in [-0.2, -0.15) is 0 Å². The highest BCUT2D eigenvalue weighted by Crippen LogP contribution is 2.28. The predicted molar refractivity (Wildman–Crippen MR) is 76.5 cm³/mol. The molecule has 18 heavy (non-hydrogen) atoms. The summed E-state index contributed by atoms with van der Waals surface area (Å²) >= 11 is 0. The van der Waals surface area contributed by atoms with Gasteiger partial charge in [0.15, 0.2) is 0 Å². The molecule has 0 heterocycles. The monoisotopic (exact) mass is 242 g/mol. The van der Waals surface area contributed by atoms with Crippen LogP contribution in [-0.2, 0) is 0 Å². The largest absolute Gasteiger partial charge is 0.494 e. The number of aryl methyl sites for hydroxylation is 1. The molecule has 2 aromatic carbocycles. The first kappa shape index (κ1) is 12.3. The minimum atomic E-state index is 0.663. The van der Waals surface area contributed by atoms with Crippen molar-refractivity contribution in [3.63, 3.8) is 0 Å². The fourth-order valence-electron chi connectivity index (χ4n) is 1.84. The summed E-state index contributed by atoms with van der Waals surface area (Å²) in [4.78, 5) is 0. The molecule has 2 rings (SSSR count). The zero-order chi connectivity index (χ0) is 13.0. The van der Waals surface area contributed by atoms with Gasteiger partial charge in [0.25, 0.3) is 0 Å². The zero-order valence-corrected chi connectivity index (χ0v) is 10.7. The van der Waals surface area contributed by atoms with E-state index in [1.165, 1.54) is 0 Å². The lowest BCUT2D eigenvalue weighted by Crippen LogP contribution is -1.99. The maximum absolute atomic E-state index is 5.97. The Morgan fingerprint density at radius 3 is 2.67 bits per heavy atom. The van der Waals surface area contributed by atoms with Crippen LogP contribution in [0.1, 0.15) is 12.5 Å². The van der Waals surface area contributed by atoms with Crippen LogP contribution in [0.5, 0.6) is 5.75 Å². The van der Waals surface area contributed by atoms with Gasteiger partial charge in [-0.15, -0.1) is 0 Å². The van der Waals surface area contributed by atoms with Crippen molar-refractivity contribution in [1.82, 2.24) is 0 Å². The van der Waals surface area contributed by atoms with Crippen LogP contribution >= 0.6 is 0 Å². The Morgan fingerprint density at radius 1 is 1.17 bits per heavy atom. The molecule has 0 saturated carbocycles. The molecule has 0 aliphatic heterocycles. The van der Waals surface area contributed by atoms with Crippen molar-refractivity contribution in [3.8, 4) is 5.75 Å². The van der Waals surface area contributed by atoms with Crippen molar-refractivity contribution in [2.75, 3.05) is 17.7 Å². The summed E-state index contributed by atoms with van der Waals surface area (Å²) in [5, 5.41) is 3.33. The topological polar surface area (TPSA) is 47.3 Å². The van der Waals surface area contributed by atoms with Crippen molar-refractivity contribution in [2.24, 2.45) is 0 Å². The molecule has 0 aliphatic carbocycles. The third-order valence-corrected chi connectivity index (χ3v) is 2.72. The number of nitrogens with two attached hydrogens (primary N) is 1. The average Bonchev–Trinajstić information content (AvgIpc) is 2.35. The lowest BCUT2D eigenvalue weighted by molar-refractivity contribution is 0.340. The van der Waals surface area contributed by atoms with Gasteiger partial charge in [0.1, 0.15) is 5.75 Å². The van der Waals surface area contributed by atoms with Gasteiger partial charge in [-0.3, -0.25) is 0 Å². The van der Waals surface area contributed by atoms with E-state index >= 15 is 0 Å². The van der Waals surface area contributed by atoms with Crippen LogP contribution in [0, 0.1) is 6.92 Å². The van der Waals surface area contributed by atoms with E-state index in [0.717, 1.165) is 28.4 Å². The standard InChI is InChI=1S/C15H18N2O/c1-3-18-13-8-5-7-12(10-13)17-15-11(2)6-4-9-14(15)16/h4-10,17H,3,16H2,1-2H3. The second-order valence-corrected chi connectivity index (χ2v) is 4.12. The molecular weight excluding hydrogens is 224 g/mol. The first-order valence-corrected chi connectivity index (χ1v) is 6.05. The number of anilines is 3. The third kappa shape index (κ3) is 2.74. The summed E-state index contributed by atoms with van der Waals surface area (Å²) in [7, 11) is 0. The molecule has 0 amide bonds. The van der Waals surface area contributed by atoms with Gasteiger partial charge in [0.05, 0.1) is 18.0 Å². The van der Waals surface area contributed by atoms with Crippen molar-refractivity contribution in [2.45, 2.75) is 13.8 Å². The fourth-order valence-corrected chi connectivity index (χ4v) is 1.84. The Labute approximate surface area is 108 Å². The highest BCUT2D eigenvalue weighted by atomic mass is 16.5. The van der Waals surface area contributed by atoms with Crippen molar-refractivity contribution >= 4 is 17.1 Å². The Kier molecular flexibility index (Phi) is 3.72. The summed E-state index contributed by atoms with van der Waals surface area (Å²) in [6, 6.07) is 13.7. The quantitative estimate of drug-likeness (QED) is 0.803. The number of nitrogen functional groups attached to an aromatic ring is 1. The molecule has 0 atom stereocenters. The average molecular weight is 242 g/mol. The first-order valence-electron chi connectivity index (χ1n) is 6.05. The maximum Gasteiger partial charge on any atom is 0.121 e. The van der Waals surface area contributed by atoms with E-state index in [-0.39, 0.29) is 0 Å². The van der Waals surface area contributed by atoms with Crippen LogP contribution in [0.2, 0.25) is 0 Å². The molecule has 0 radical (unpaired) electrons. The normalized spacial score (nSPS) is 10.1. The van der Waals surface area contributed by atoms with Gasteiger partial charge in [-0.25, -0.2) is 0 Å². The highest BCUT2D eigenvalue weighted by molar-refractivity contribution is 5.75. The summed E-state index contributed by atoms with van der Waals surface area (Å²) in [5.41, 5.74) is 9.77. The number of hydrogen-bond donors (Lipinski definition) is 2. The van der Waals surface area contributed by atoms with Crippen molar-refractivity contribution in [1.29, 1.82) is 0 Å². The number of ether oxygens (including phenoxy) is 1. The zero-order valence-electron chi connectivity index (χ0n) is 10.7. The molecule has 94 valence electrons. The minimum Gasteiger partial charge on any atom is -0.494 e. The molecule has 3 N–H and O–H groups in total. The van der Waals surface area contributed by atoms with Gasteiger partial charge in [0, 0.05) is 11.8 Å². The molecule has 2 aromatic rings. The van der Waals surface area contributed by atoms with Crippen molar-refractivity contribution < 1.29 is 4.74 Å². The highest BCUT2D eigenvalue weighted by Gasteiger charge is 2.03. The summed E-state index contributed by atoms with van der Waals surface area (Å²) < 4.78 is 5.47. The third-order valence-electron chi connectivity index (χ3n) is 2.72. The maximum atomic E-state index is 5.97.